The lowest BCUT2D eigenvalue weighted by Gasteiger charge is -2.23. The van der Waals surface area contributed by atoms with Crippen molar-refractivity contribution in [1.29, 1.82) is 0 Å². The average Bonchev–Trinajstić information content (AvgIpc) is 2.91. The van der Waals surface area contributed by atoms with Crippen molar-refractivity contribution in [3.8, 4) is 0 Å². The summed E-state index contributed by atoms with van der Waals surface area (Å²) in [4.78, 5) is 15.7. The first-order valence-corrected chi connectivity index (χ1v) is 7.24. The topological polar surface area (TPSA) is 68.1 Å². The van der Waals surface area contributed by atoms with Crippen molar-refractivity contribution in [3.63, 3.8) is 0 Å². The van der Waals surface area contributed by atoms with Crippen LogP contribution in [-0.4, -0.2) is 16.5 Å². The molecule has 20 heavy (non-hydrogen) atoms. The molecule has 2 aromatic heterocycles. The Hall–Kier alpha value is -1.66. The molecular weight excluding hydrogens is 298 g/mol. The molecule has 0 atom stereocenters. The summed E-state index contributed by atoms with van der Waals surface area (Å²) in [5.74, 6) is 0.240. The van der Waals surface area contributed by atoms with Gasteiger partial charge in [-0.2, -0.15) is 0 Å². The van der Waals surface area contributed by atoms with Gasteiger partial charge < -0.3 is 5.32 Å². The number of rotatable bonds is 5. The SMILES string of the molecule is CC(C)(CNc1ncc(Cl)cc1[N+](=O)[O-])c1cccs1. The van der Waals surface area contributed by atoms with Gasteiger partial charge in [-0.05, 0) is 11.4 Å². The second-order valence-electron chi connectivity index (χ2n) is 4.99. The molecule has 0 saturated carbocycles. The van der Waals surface area contributed by atoms with Crippen LogP contribution in [0, 0.1) is 10.1 Å². The molecule has 106 valence electrons. The monoisotopic (exact) mass is 311 g/mol. The van der Waals surface area contributed by atoms with Crippen LogP contribution in [0.4, 0.5) is 11.5 Å². The lowest BCUT2D eigenvalue weighted by atomic mass is 9.91. The van der Waals surface area contributed by atoms with E-state index in [-0.39, 0.29) is 21.9 Å². The zero-order chi connectivity index (χ0) is 14.8. The molecule has 5 nitrogen and oxygen atoms in total. The minimum Gasteiger partial charge on any atom is -0.363 e. The third-order valence-electron chi connectivity index (χ3n) is 2.92. The van der Waals surface area contributed by atoms with Crippen LogP contribution in [0.2, 0.25) is 5.02 Å². The second kappa shape index (κ2) is 5.76. The number of aromatic nitrogens is 1. The van der Waals surface area contributed by atoms with E-state index in [0.717, 1.165) is 0 Å². The van der Waals surface area contributed by atoms with Crippen molar-refractivity contribution in [3.05, 3.63) is 49.8 Å². The van der Waals surface area contributed by atoms with Gasteiger partial charge in [-0.1, -0.05) is 31.5 Å². The highest BCUT2D eigenvalue weighted by Crippen LogP contribution is 2.30. The standard InChI is InChI=1S/C13H14ClN3O2S/c1-13(2,11-4-3-5-20-11)8-16-12-10(17(18)19)6-9(14)7-15-12/h3-7H,8H2,1-2H3,(H,15,16). The van der Waals surface area contributed by atoms with Gasteiger partial charge in [0.2, 0.25) is 5.82 Å². The molecule has 2 heterocycles. The Morgan fingerprint density at radius 3 is 2.90 bits per heavy atom. The maximum atomic E-state index is 11.0. The van der Waals surface area contributed by atoms with E-state index in [2.05, 4.69) is 30.2 Å². The third kappa shape index (κ3) is 3.26. The van der Waals surface area contributed by atoms with Gasteiger partial charge in [-0.3, -0.25) is 10.1 Å². The van der Waals surface area contributed by atoms with Crippen molar-refractivity contribution < 1.29 is 4.92 Å². The van der Waals surface area contributed by atoms with Crippen molar-refractivity contribution in [2.75, 3.05) is 11.9 Å². The van der Waals surface area contributed by atoms with Gasteiger partial charge in [0.05, 0.1) is 9.95 Å². The quantitative estimate of drug-likeness (QED) is 0.667. The summed E-state index contributed by atoms with van der Waals surface area (Å²) < 4.78 is 0. The predicted molar refractivity (Wildman–Crippen MR) is 81.7 cm³/mol. The molecule has 0 radical (unpaired) electrons. The Bertz CT molecular complexity index is 614. The van der Waals surface area contributed by atoms with Gasteiger partial charge in [0.15, 0.2) is 0 Å². The van der Waals surface area contributed by atoms with E-state index >= 15 is 0 Å². The molecule has 0 amide bonds. The average molecular weight is 312 g/mol. The summed E-state index contributed by atoms with van der Waals surface area (Å²) in [5, 5.41) is 16.3. The normalized spacial score (nSPS) is 11.3. The summed E-state index contributed by atoms with van der Waals surface area (Å²) in [6, 6.07) is 5.34. The predicted octanol–water partition coefficient (Wildman–Crippen LogP) is 4.09. The molecule has 2 aromatic rings. The number of pyridine rings is 1. The van der Waals surface area contributed by atoms with Gasteiger partial charge in [0, 0.05) is 29.1 Å². The van der Waals surface area contributed by atoms with Crippen molar-refractivity contribution >= 4 is 34.4 Å². The number of nitrogens with one attached hydrogen (secondary N) is 1. The number of thiophene rings is 1. The fraction of sp³-hybridized carbons (Fsp3) is 0.308. The van der Waals surface area contributed by atoms with Gasteiger partial charge in [-0.25, -0.2) is 4.98 Å². The number of nitro groups is 1. The lowest BCUT2D eigenvalue weighted by molar-refractivity contribution is -0.384. The third-order valence-corrected chi connectivity index (χ3v) is 4.36. The minimum absolute atomic E-state index is 0.112. The Labute approximate surface area is 125 Å². The van der Waals surface area contributed by atoms with E-state index in [1.807, 2.05) is 11.4 Å². The Kier molecular flexibility index (Phi) is 4.25. The molecule has 0 fully saturated rings. The molecule has 0 spiro atoms. The van der Waals surface area contributed by atoms with Crippen molar-refractivity contribution in [1.82, 2.24) is 4.98 Å². The van der Waals surface area contributed by atoms with E-state index in [4.69, 9.17) is 11.6 Å². The zero-order valence-corrected chi connectivity index (χ0v) is 12.7. The van der Waals surface area contributed by atoms with Crippen molar-refractivity contribution in [2.24, 2.45) is 0 Å². The number of halogens is 1. The van der Waals surface area contributed by atoms with E-state index in [1.54, 1.807) is 11.3 Å². The molecule has 0 saturated heterocycles. The Balaban J connectivity index is 2.17. The molecule has 0 aliphatic rings. The highest BCUT2D eigenvalue weighted by Gasteiger charge is 2.24. The maximum Gasteiger partial charge on any atom is 0.312 e. The number of nitrogens with zero attached hydrogens (tertiary/aromatic N) is 2. The molecular formula is C13H14ClN3O2S. The highest BCUT2D eigenvalue weighted by atomic mass is 35.5. The smallest absolute Gasteiger partial charge is 0.312 e. The van der Waals surface area contributed by atoms with E-state index in [9.17, 15) is 10.1 Å². The van der Waals surface area contributed by atoms with E-state index < -0.39 is 4.92 Å². The van der Waals surface area contributed by atoms with Crippen LogP contribution >= 0.6 is 22.9 Å². The number of anilines is 1. The van der Waals surface area contributed by atoms with Crippen LogP contribution in [0.5, 0.6) is 0 Å². The lowest BCUT2D eigenvalue weighted by Crippen LogP contribution is -2.27. The summed E-state index contributed by atoms with van der Waals surface area (Å²) >= 11 is 7.40. The van der Waals surface area contributed by atoms with Crippen LogP contribution in [0.25, 0.3) is 0 Å². The van der Waals surface area contributed by atoms with E-state index in [1.165, 1.54) is 17.1 Å². The fourth-order valence-electron chi connectivity index (χ4n) is 1.76. The summed E-state index contributed by atoms with van der Waals surface area (Å²) in [7, 11) is 0. The molecule has 0 aliphatic heterocycles. The van der Waals surface area contributed by atoms with Crippen LogP contribution in [0.15, 0.2) is 29.8 Å². The molecule has 0 aromatic carbocycles. The summed E-state index contributed by atoms with van der Waals surface area (Å²) in [6.07, 6.45) is 1.40. The molecule has 0 aliphatic carbocycles. The summed E-state index contributed by atoms with van der Waals surface area (Å²) in [5.41, 5.74) is -0.247. The number of hydrogen-bond acceptors (Lipinski definition) is 5. The fourth-order valence-corrected chi connectivity index (χ4v) is 2.76. The van der Waals surface area contributed by atoms with Gasteiger partial charge >= 0.3 is 5.69 Å². The second-order valence-corrected chi connectivity index (χ2v) is 6.38. The van der Waals surface area contributed by atoms with Gasteiger partial charge in [0.1, 0.15) is 0 Å². The van der Waals surface area contributed by atoms with Crippen molar-refractivity contribution in [2.45, 2.75) is 19.3 Å². The molecule has 0 unspecified atom stereocenters. The first-order valence-electron chi connectivity index (χ1n) is 5.98. The van der Waals surface area contributed by atoms with Gasteiger partial charge in [0.25, 0.3) is 0 Å². The maximum absolute atomic E-state index is 11.0. The molecule has 2 rings (SSSR count). The van der Waals surface area contributed by atoms with Crippen LogP contribution in [0.3, 0.4) is 0 Å². The first kappa shape index (κ1) is 14.7. The Morgan fingerprint density at radius 2 is 2.30 bits per heavy atom. The first-order chi connectivity index (χ1) is 9.40. The largest absolute Gasteiger partial charge is 0.363 e. The van der Waals surface area contributed by atoms with Crippen LogP contribution in [0.1, 0.15) is 18.7 Å². The molecule has 7 heteroatoms. The minimum atomic E-state index is -0.487. The zero-order valence-electron chi connectivity index (χ0n) is 11.1. The number of hydrogen-bond donors (Lipinski definition) is 1. The van der Waals surface area contributed by atoms with Crippen LogP contribution in [-0.2, 0) is 5.41 Å². The summed E-state index contributed by atoms with van der Waals surface area (Å²) in [6.45, 7) is 4.70. The van der Waals surface area contributed by atoms with E-state index in [0.29, 0.717) is 6.54 Å². The molecule has 1 N–H and O–H groups in total. The Morgan fingerprint density at radius 1 is 1.55 bits per heavy atom. The molecule has 0 bridgehead atoms. The highest BCUT2D eigenvalue weighted by molar-refractivity contribution is 7.10. The van der Waals surface area contributed by atoms with Gasteiger partial charge in [-0.15, -0.1) is 11.3 Å². The van der Waals surface area contributed by atoms with Crippen LogP contribution < -0.4 is 5.32 Å².